The number of sulfonamides is 1. The lowest BCUT2D eigenvalue weighted by molar-refractivity contribution is -0.137. The van der Waals surface area contributed by atoms with Crippen molar-refractivity contribution in [3.8, 4) is 28.7 Å². The Hall–Kier alpha value is -4.48. The van der Waals surface area contributed by atoms with E-state index in [4.69, 9.17) is 10.4 Å². The zero-order valence-electron chi connectivity index (χ0n) is 19.2. The average Bonchev–Trinajstić information content (AvgIpc) is 3.28. The van der Waals surface area contributed by atoms with Crippen molar-refractivity contribution in [3.05, 3.63) is 92.4 Å². The fraction of sp³-hybridized carbons (Fsp3) is 0.130. The number of halogens is 3. The molecule has 0 atom stereocenters. The smallest absolute Gasteiger partial charge is 0.268 e. The van der Waals surface area contributed by atoms with Gasteiger partial charge in [0.25, 0.3) is 5.56 Å². The van der Waals surface area contributed by atoms with E-state index < -0.39 is 37.9 Å². The lowest BCUT2D eigenvalue weighted by Gasteiger charge is -2.18. The number of nitriles is 1. The predicted octanol–water partition coefficient (Wildman–Crippen LogP) is 2.24. The van der Waals surface area contributed by atoms with Gasteiger partial charge < -0.3 is 0 Å². The number of aromatic nitrogens is 4. The van der Waals surface area contributed by atoms with Crippen molar-refractivity contribution in [2.45, 2.75) is 18.0 Å². The Morgan fingerprint density at radius 2 is 1.70 bits per heavy atom. The maximum atomic E-state index is 13.4. The molecular weight excluding hydrogens is 513 g/mol. The zero-order valence-corrected chi connectivity index (χ0v) is 20.0. The fourth-order valence-corrected chi connectivity index (χ4v) is 4.51. The molecule has 10 nitrogen and oxygen atoms in total. The Labute approximate surface area is 207 Å². The van der Waals surface area contributed by atoms with E-state index in [0.717, 1.165) is 40.7 Å². The normalized spacial score (nSPS) is 11.9. The van der Waals surface area contributed by atoms with Crippen LogP contribution in [0.15, 0.2) is 69.2 Å². The van der Waals surface area contributed by atoms with E-state index in [2.05, 4.69) is 5.10 Å². The van der Waals surface area contributed by atoms with E-state index in [0.29, 0.717) is 10.1 Å². The van der Waals surface area contributed by atoms with Gasteiger partial charge in [0, 0.05) is 12.7 Å². The highest BCUT2D eigenvalue weighted by Gasteiger charge is 2.32. The third-order valence-corrected chi connectivity index (χ3v) is 6.56. The van der Waals surface area contributed by atoms with Crippen molar-refractivity contribution >= 4 is 10.0 Å². The van der Waals surface area contributed by atoms with E-state index in [-0.39, 0.29) is 28.3 Å². The lowest BCUT2D eigenvalue weighted by atomic mass is 10.1. The number of primary sulfonamides is 1. The van der Waals surface area contributed by atoms with Crippen molar-refractivity contribution < 1.29 is 21.6 Å². The molecule has 0 saturated heterocycles. The van der Waals surface area contributed by atoms with Gasteiger partial charge in [-0.15, -0.1) is 0 Å². The van der Waals surface area contributed by atoms with E-state index >= 15 is 0 Å². The molecule has 2 aromatic heterocycles. The van der Waals surface area contributed by atoms with Crippen LogP contribution in [-0.4, -0.2) is 27.3 Å². The molecule has 4 aromatic rings. The molecule has 0 unspecified atom stereocenters. The van der Waals surface area contributed by atoms with Gasteiger partial charge >= 0.3 is 11.9 Å². The standard InChI is InChI=1S/C23H17F3N6O4S/c1-13-19(20-18(37(28,35)36)12-29-32(20)16-8-6-14(11-27)7-9-16)21(33)30(2)22(34)31(13)17-5-3-4-15(10-17)23(24,25)26/h3-10,12H,1-2H3,(H2,28,35,36). The molecular formula is C23H17F3N6O4S. The van der Waals surface area contributed by atoms with Crippen LogP contribution in [0, 0.1) is 18.3 Å². The summed E-state index contributed by atoms with van der Waals surface area (Å²) in [4.78, 5) is 25.8. The first-order chi connectivity index (χ1) is 17.3. The van der Waals surface area contributed by atoms with Crippen LogP contribution in [0.3, 0.4) is 0 Å². The Morgan fingerprint density at radius 3 is 2.27 bits per heavy atom. The Balaban J connectivity index is 2.12. The van der Waals surface area contributed by atoms with Gasteiger partial charge in [0.15, 0.2) is 0 Å². The highest BCUT2D eigenvalue weighted by Crippen LogP contribution is 2.32. The molecule has 0 fully saturated rings. The van der Waals surface area contributed by atoms with Gasteiger partial charge in [-0.05, 0) is 49.4 Å². The molecule has 0 saturated carbocycles. The van der Waals surface area contributed by atoms with Gasteiger partial charge in [-0.3, -0.25) is 13.9 Å². The average molecular weight is 530 g/mol. The largest absolute Gasteiger partial charge is 0.416 e. The molecule has 2 heterocycles. The second-order valence-electron chi connectivity index (χ2n) is 7.96. The van der Waals surface area contributed by atoms with Crippen LogP contribution in [0.25, 0.3) is 22.6 Å². The van der Waals surface area contributed by atoms with Crippen LogP contribution < -0.4 is 16.4 Å². The molecule has 2 N–H and O–H groups in total. The minimum absolute atomic E-state index is 0.146. The van der Waals surface area contributed by atoms with Gasteiger partial charge in [-0.25, -0.2) is 23.0 Å². The Morgan fingerprint density at radius 1 is 1.05 bits per heavy atom. The second-order valence-corrected chi connectivity index (χ2v) is 9.49. The number of benzene rings is 2. The topological polar surface area (TPSA) is 146 Å². The van der Waals surface area contributed by atoms with E-state index in [1.165, 1.54) is 37.3 Å². The molecule has 0 radical (unpaired) electrons. The van der Waals surface area contributed by atoms with Crippen LogP contribution in [0.4, 0.5) is 13.2 Å². The van der Waals surface area contributed by atoms with Crippen molar-refractivity contribution in [2.24, 2.45) is 12.2 Å². The summed E-state index contributed by atoms with van der Waals surface area (Å²) in [6.45, 7) is 1.29. The summed E-state index contributed by atoms with van der Waals surface area (Å²) in [6.07, 6.45) is -3.78. The van der Waals surface area contributed by atoms with Crippen molar-refractivity contribution in [1.82, 2.24) is 18.9 Å². The van der Waals surface area contributed by atoms with Crippen molar-refractivity contribution in [3.63, 3.8) is 0 Å². The SMILES string of the molecule is Cc1c(-c2c(S(N)(=O)=O)cnn2-c2ccc(C#N)cc2)c(=O)n(C)c(=O)n1-c1cccc(C(F)(F)F)c1. The maximum Gasteiger partial charge on any atom is 0.416 e. The van der Waals surface area contributed by atoms with Gasteiger partial charge in [0.1, 0.15) is 10.6 Å². The van der Waals surface area contributed by atoms with Gasteiger partial charge in [0.05, 0.1) is 40.3 Å². The number of nitrogens with zero attached hydrogens (tertiary/aromatic N) is 5. The van der Waals surface area contributed by atoms with Crippen molar-refractivity contribution in [2.75, 3.05) is 0 Å². The predicted molar refractivity (Wildman–Crippen MR) is 126 cm³/mol. The summed E-state index contributed by atoms with van der Waals surface area (Å²) in [5, 5.41) is 18.5. The first kappa shape index (κ1) is 25.6. The molecule has 0 spiro atoms. The summed E-state index contributed by atoms with van der Waals surface area (Å²) in [5.74, 6) is 0. The molecule has 2 aromatic carbocycles. The highest BCUT2D eigenvalue weighted by atomic mass is 32.2. The molecule has 190 valence electrons. The number of alkyl halides is 3. The van der Waals surface area contributed by atoms with Crippen LogP contribution in [-0.2, 0) is 23.2 Å². The third kappa shape index (κ3) is 4.46. The summed E-state index contributed by atoms with van der Waals surface area (Å²) >= 11 is 0. The van der Waals surface area contributed by atoms with E-state index in [9.17, 15) is 31.2 Å². The molecule has 0 aliphatic rings. The minimum Gasteiger partial charge on any atom is -0.268 e. The van der Waals surface area contributed by atoms with Crippen LogP contribution in [0.2, 0.25) is 0 Å². The third-order valence-electron chi connectivity index (χ3n) is 5.65. The van der Waals surface area contributed by atoms with Crippen LogP contribution in [0.5, 0.6) is 0 Å². The van der Waals surface area contributed by atoms with E-state index in [1.54, 1.807) is 0 Å². The Bertz CT molecular complexity index is 1810. The quantitative estimate of drug-likeness (QED) is 0.428. The first-order valence-corrected chi connectivity index (χ1v) is 11.9. The first-order valence-electron chi connectivity index (χ1n) is 10.4. The molecule has 0 bridgehead atoms. The van der Waals surface area contributed by atoms with Crippen molar-refractivity contribution in [1.29, 1.82) is 5.26 Å². The fourth-order valence-electron chi connectivity index (χ4n) is 3.86. The molecule has 37 heavy (non-hydrogen) atoms. The van der Waals surface area contributed by atoms with Crippen LogP contribution >= 0.6 is 0 Å². The summed E-state index contributed by atoms with van der Waals surface area (Å²) in [6, 6.07) is 11.6. The number of rotatable bonds is 4. The Kier molecular flexibility index (Phi) is 6.14. The van der Waals surface area contributed by atoms with Gasteiger partial charge in [0.2, 0.25) is 10.0 Å². The number of hydrogen-bond acceptors (Lipinski definition) is 6. The molecule has 0 aliphatic carbocycles. The van der Waals surface area contributed by atoms with Crippen LogP contribution in [0.1, 0.15) is 16.8 Å². The minimum atomic E-state index is -4.70. The molecule has 4 rings (SSSR count). The molecule has 0 amide bonds. The molecule has 14 heteroatoms. The van der Waals surface area contributed by atoms with Gasteiger partial charge in [-0.1, -0.05) is 6.07 Å². The monoisotopic (exact) mass is 530 g/mol. The van der Waals surface area contributed by atoms with E-state index in [1.807, 2.05) is 6.07 Å². The number of hydrogen-bond donors (Lipinski definition) is 1. The second kappa shape index (κ2) is 8.87. The summed E-state index contributed by atoms with van der Waals surface area (Å²) in [7, 11) is -3.35. The maximum absolute atomic E-state index is 13.4. The summed E-state index contributed by atoms with van der Waals surface area (Å²) < 4.78 is 67.5. The zero-order chi connectivity index (χ0) is 27.3. The summed E-state index contributed by atoms with van der Waals surface area (Å²) in [5.41, 5.74) is -3.32. The molecule has 0 aliphatic heterocycles. The lowest BCUT2D eigenvalue weighted by Crippen LogP contribution is -2.40. The van der Waals surface area contributed by atoms with Gasteiger partial charge in [-0.2, -0.15) is 23.5 Å². The highest BCUT2D eigenvalue weighted by molar-refractivity contribution is 7.89. The number of nitrogens with two attached hydrogens (primary N) is 1.